The molecule has 13 heavy (non-hydrogen) atoms. The van der Waals surface area contributed by atoms with E-state index in [1.807, 2.05) is 13.8 Å². The molecule has 0 heterocycles. The van der Waals surface area contributed by atoms with Crippen molar-refractivity contribution in [3.05, 3.63) is 0 Å². The summed E-state index contributed by atoms with van der Waals surface area (Å²) in [5.41, 5.74) is 2.14. The van der Waals surface area contributed by atoms with Crippen molar-refractivity contribution in [1.82, 2.24) is 5.48 Å². The first kappa shape index (κ1) is 10.5. The fourth-order valence-electron chi connectivity index (χ4n) is 2.06. The highest BCUT2D eigenvalue weighted by Gasteiger charge is 2.38. The van der Waals surface area contributed by atoms with E-state index in [0.717, 1.165) is 0 Å². The lowest BCUT2D eigenvalue weighted by Crippen LogP contribution is -2.40. The molecule has 0 saturated heterocycles. The van der Waals surface area contributed by atoms with Crippen molar-refractivity contribution in [3.8, 4) is 0 Å². The lowest BCUT2D eigenvalue weighted by atomic mass is 9.77. The van der Waals surface area contributed by atoms with Crippen LogP contribution in [0.4, 0.5) is 0 Å². The minimum atomic E-state index is -0.285. The third-order valence-electron chi connectivity index (χ3n) is 3.16. The van der Waals surface area contributed by atoms with Crippen LogP contribution in [0.15, 0.2) is 0 Å². The second-order valence-electron chi connectivity index (χ2n) is 4.34. The van der Waals surface area contributed by atoms with Gasteiger partial charge in [0.2, 0.25) is 5.91 Å². The van der Waals surface area contributed by atoms with Gasteiger partial charge in [0.15, 0.2) is 0 Å². The van der Waals surface area contributed by atoms with Gasteiger partial charge in [0.25, 0.3) is 0 Å². The molecule has 1 N–H and O–H groups in total. The predicted molar refractivity (Wildman–Crippen MR) is 50.9 cm³/mol. The first-order valence-corrected chi connectivity index (χ1v) is 4.92. The molecule has 0 atom stereocenters. The van der Waals surface area contributed by atoms with Crippen LogP contribution in [0.5, 0.6) is 0 Å². The third-order valence-corrected chi connectivity index (χ3v) is 3.16. The number of hydrogen-bond acceptors (Lipinski definition) is 2. The molecule has 0 radical (unpaired) electrons. The molecule has 0 aromatic heterocycles. The topological polar surface area (TPSA) is 38.3 Å². The van der Waals surface area contributed by atoms with Crippen LogP contribution >= 0.6 is 0 Å². The van der Waals surface area contributed by atoms with E-state index in [2.05, 4.69) is 10.3 Å². The highest BCUT2D eigenvalue weighted by atomic mass is 16.6. The van der Waals surface area contributed by atoms with Crippen molar-refractivity contribution in [2.45, 2.75) is 39.5 Å². The molecule has 0 spiro atoms. The number of hydrogen-bond donors (Lipinski definition) is 1. The fraction of sp³-hybridized carbons (Fsp3) is 0.900. The molecule has 0 aromatic rings. The Morgan fingerprint density at radius 2 is 1.92 bits per heavy atom. The fourth-order valence-corrected chi connectivity index (χ4v) is 2.06. The van der Waals surface area contributed by atoms with Gasteiger partial charge in [-0.15, -0.1) is 0 Å². The highest BCUT2D eigenvalue weighted by Crippen LogP contribution is 2.39. The predicted octanol–water partition coefficient (Wildman–Crippen LogP) is 1.88. The molecule has 0 unspecified atom stereocenters. The van der Waals surface area contributed by atoms with Crippen molar-refractivity contribution in [2.75, 3.05) is 7.11 Å². The van der Waals surface area contributed by atoms with Crippen molar-refractivity contribution in [3.63, 3.8) is 0 Å². The molecule has 1 rings (SSSR count). The van der Waals surface area contributed by atoms with Crippen LogP contribution in [0.3, 0.4) is 0 Å². The van der Waals surface area contributed by atoms with Gasteiger partial charge in [-0.1, -0.05) is 26.7 Å². The van der Waals surface area contributed by atoms with E-state index >= 15 is 0 Å². The lowest BCUT2D eigenvalue weighted by Gasteiger charge is -2.29. The van der Waals surface area contributed by atoms with Crippen LogP contribution in [-0.4, -0.2) is 13.0 Å². The van der Waals surface area contributed by atoms with E-state index in [9.17, 15) is 4.79 Å². The molecular formula is C10H19NO2. The van der Waals surface area contributed by atoms with Crippen molar-refractivity contribution in [1.29, 1.82) is 0 Å². The third kappa shape index (κ3) is 2.21. The van der Waals surface area contributed by atoms with Crippen LogP contribution in [0.25, 0.3) is 0 Å². The summed E-state index contributed by atoms with van der Waals surface area (Å²) in [6.45, 7) is 3.99. The van der Waals surface area contributed by atoms with Crippen molar-refractivity contribution >= 4 is 5.91 Å². The quantitative estimate of drug-likeness (QED) is 0.682. The van der Waals surface area contributed by atoms with Gasteiger partial charge in [-0.25, -0.2) is 5.48 Å². The highest BCUT2D eigenvalue weighted by molar-refractivity contribution is 5.81. The summed E-state index contributed by atoms with van der Waals surface area (Å²) in [4.78, 5) is 16.3. The summed E-state index contributed by atoms with van der Waals surface area (Å²) in [6, 6.07) is 0. The summed E-state index contributed by atoms with van der Waals surface area (Å²) < 4.78 is 0. The molecule has 76 valence electrons. The zero-order valence-corrected chi connectivity index (χ0v) is 8.72. The Labute approximate surface area is 79.8 Å². The van der Waals surface area contributed by atoms with Gasteiger partial charge in [-0.3, -0.25) is 9.63 Å². The summed E-state index contributed by atoms with van der Waals surface area (Å²) in [5, 5.41) is 0. The first-order chi connectivity index (χ1) is 6.09. The van der Waals surface area contributed by atoms with Crippen LogP contribution in [0.1, 0.15) is 39.5 Å². The molecule has 3 heteroatoms. The number of rotatable bonds is 3. The molecule has 0 aromatic carbocycles. The Bertz CT molecular complexity index is 183. The second kappa shape index (κ2) is 4.09. The van der Waals surface area contributed by atoms with Crippen molar-refractivity contribution < 1.29 is 9.63 Å². The Kier molecular flexibility index (Phi) is 3.31. The standard InChI is InChI=1S/C10H19NO2/c1-10(2,9(12)11-13-3)8-6-4-5-7-8/h8H,4-7H2,1-3H3,(H,11,12). The summed E-state index contributed by atoms with van der Waals surface area (Å²) >= 11 is 0. The zero-order chi connectivity index (χ0) is 9.90. The average Bonchev–Trinajstić information content (AvgIpc) is 2.56. The number of nitrogens with one attached hydrogen (secondary N) is 1. The van der Waals surface area contributed by atoms with E-state index in [1.165, 1.54) is 32.8 Å². The van der Waals surface area contributed by atoms with Gasteiger partial charge in [0.1, 0.15) is 0 Å². The Morgan fingerprint density at radius 3 is 2.38 bits per heavy atom. The molecule has 3 nitrogen and oxygen atoms in total. The molecule has 1 amide bonds. The van der Waals surface area contributed by atoms with Gasteiger partial charge in [0.05, 0.1) is 7.11 Å². The van der Waals surface area contributed by atoms with Crippen LogP contribution < -0.4 is 5.48 Å². The monoisotopic (exact) mass is 185 g/mol. The van der Waals surface area contributed by atoms with Gasteiger partial charge in [-0.05, 0) is 18.8 Å². The summed E-state index contributed by atoms with van der Waals surface area (Å²) in [7, 11) is 1.47. The molecule has 0 aliphatic heterocycles. The number of carbonyl (C=O) groups is 1. The number of amides is 1. The van der Waals surface area contributed by atoms with Gasteiger partial charge < -0.3 is 0 Å². The smallest absolute Gasteiger partial charge is 0.249 e. The van der Waals surface area contributed by atoms with E-state index in [1.54, 1.807) is 0 Å². The maximum Gasteiger partial charge on any atom is 0.249 e. The lowest BCUT2D eigenvalue weighted by molar-refractivity contribution is -0.143. The SMILES string of the molecule is CONC(=O)C(C)(C)C1CCCC1. The molecule has 1 aliphatic rings. The Hall–Kier alpha value is -0.570. The summed E-state index contributed by atoms with van der Waals surface area (Å²) in [6.07, 6.45) is 4.86. The molecule has 1 saturated carbocycles. The Balaban J connectivity index is 2.57. The van der Waals surface area contributed by atoms with Gasteiger partial charge >= 0.3 is 0 Å². The van der Waals surface area contributed by atoms with Gasteiger partial charge in [-0.2, -0.15) is 0 Å². The van der Waals surface area contributed by atoms with Crippen LogP contribution in [-0.2, 0) is 9.63 Å². The minimum absolute atomic E-state index is 0.00176. The summed E-state index contributed by atoms with van der Waals surface area (Å²) in [5.74, 6) is 0.518. The molecule has 1 fully saturated rings. The Morgan fingerprint density at radius 1 is 1.38 bits per heavy atom. The molecular weight excluding hydrogens is 166 g/mol. The van der Waals surface area contributed by atoms with E-state index in [4.69, 9.17) is 0 Å². The van der Waals surface area contributed by atoms with Gasteiger partial charge in [0, 0.05) is 5.41 Å². The number of hydroxylamine groups is 1. The average molecular weight is 185 g/mol. The zero-order valence-electron chi connectivity index (χ0n) is 8.72. The van der Waals surface area contributed by atoms with E-state index in [0.29, 0.717) is 5.92 Å². The van der Waals surface area contributed by atoms with Crippen LogP contribution in [0.2, 0.25) is 0 Å². The van der Waals surface area contributed by atoms with Crippen molar-refractivity contribution in [2.24, 2.45) is 11.3 Å². The number of carbonyl (C=O) groups excluding carboxylic acids is 1. The maximum absolute atomic E-state index is 11.6. The maximum atomic E-state index is 11.6. The second-order valence-corrected chi connectivity index (χ2v) is 4.34. The molecule has 1 aliphatic carbocycles. The first-order valence-electron chi connectivity index (χ1n) is 4.92. The largest absolute Gasteiger partial charge is 0.277 e. The van der Waals surface area contributed by atoms with E-state index in [-0.39, 0.29) is 11.3 Å². The van der Waals surface area contributed by atoms with Crippen LogP contribution in [0, 0.1) is 11.3 Å². The van der Waals surface area contributed by atoms with E-state index < -0.39 is 0 Å². The normalized spacial score (nSPS) is 19.0. The minimum Gasteiger partial charge on any atom is -0.277 e. The molecule has 0 bridgehead atoms.